The molecule has 0 saturated heterocycles. The van der Waals surface area contributed by atoms with Crippen LogP contribution in [0.25, 0.3) is 22.2 Å². The minimum absolute atomic E-state index is 0.0984. The number of methoxy groups -OCH3 is 1. The first-order valence-electron chi connectivity index (χ1n) is 9.26. The Kier molecular flexibility index (Phi) is 4.26. The van der Waals surface area contributed by atoms with Gasteiger partial charge in [-0.15, -0.1) is 0 Å². The molecule has 0 aliphatic carbocycles. The molecular weight excluding hydrogens is 362 g/mol. The number of esters is 1. The number of pyridine rings is 1. The maximum atomic E-state index is 12.8. The molecule has 0 fully saturated rings. The molecule has 148 valence electrons. The molecule has 1 aliphatic rings. The van der Waals surface area contributed by atoms with Crippen LogP contribution in [0, 0.1) is 0 Å². The highest BCUT2D eigenvalue weighted by atomic mass is 16.5. The second-order valence-corrected chi connectivity index (χ2v) is 8.05. The van der Waals surface area contributed by atoms with E-state index in [0.717, 1.165) is 22.2 Å². The summed E-state index contributed by atoms with van der Waals surface area (Å²) < 4.78 is 17.7. The summed E-state index contributed by atoms with van der Waals surface area (Å²) in [6.45, 7) is 8.45. The number of hydrogen-bond acceptors (Lipinski definition) is 7. The van der Waals surface area contributed by atoms with Crippen molar-refractivity contribution < 1.29 is 18.7 Å². The first kappa shape index (κ1) is 18.6. The molecule has 3 aromatic heterocycles. The van der Waals surface area contributed by atoms with E-state index in [2.05, 4.69) is 23.6 Å². The van der Waals surface area contributed by atoms with E-state index in [-0.39, 0.29) is 23.6 Å². The van der Waals surface area contributed by atoms with Gasteiger partial charge >= 0.3 is 5.97 Å². The summed E-state index contributed by atoms with van der Waals surface area (Å²) in [6, 6.07) is 0. The van der Waals surface area contributed by atoms with Gasteiger partial charge in [0.25, 0.3) is 5.56 Å². The number of carbonyl (C=O) groups excluding carboxylic acids is 1. The normalized spacial score (nSPS) is 15.9. The highest BCUT2D eigenvalue weighted by Gasteiger charge is 2.33. The molecule has 4 rings (SSSR count). The van der Waals surface area contributed by atoms with Crippen molar-refractivity contribution in [1.82, 2.24) is 14.5 Å². The topological polar surface area (TPSA) is 96.5 Å². The van der Waals surface area contributed by atoms with Crippen molar-refractivity contribution in [1.29, 1.82) is 0 Å². The van der Waals surface area contributed by atoms with Gasteiger partial charge in [-0.25, -0.2) is 9.97 Å². The third-order valence-corrected chi connectivity index (χ3v) is 5.13. The molecule has 0 aromatic carbocycles. The first-order valence-corrected chi connectivity index (χ1v) is 9.26. The summed E-state index contributed by atoms with van der Waals surface area (Å²) in [5.41, 5.74) is 3.23. The minimum atomic E-state index is -0.532. The Balaban J connectivity index is 2.02. The van der Waals surface area contributed by atoms with E-state index < -0.39 is 11.5 Å². The summed E-state index contributed by atoms with van der Waals surface area (Å²) in [4.78, 5) is 33.5. The van der Waals surface area contributed by atoms with Crippen LogP contribution in [-0.4, -0.2) is 33.2 Å². The number of ether oxygens (including phenoxy) is 2. The van der Waals surface area contributed by atoms with E-state index in [9.17, 15) is 9.59 Å². The largest absolute Gasteiger partial charge is 0.468 e. The van der Waals surface area contributed by atoms with Gasteiger partial charge in [0.1, 0.15) is 12.1 Å². The van der Waals surface area contributed by atoms with Crippen molar-refractivity contribution in [2.45, 2.75) is 58.8 Å². The van der Waals surface area contributed by atoms with Crippen molar-refractivity contribution in [3.63, 3.8) is 0 Å². The molecule has 1 aliphatic heterocycles. The van der Waals surface area contributed by atoms with Gasteiger partial charge < -0.3 is 13.9 Å². The lowest BCUT2D eigenvalue weighted by atomic mass is 9.87. The molecule has 4 heterocycles. The highest BCUT2D eigenvalue weighted by molar-refractivity contribution is 6.03. The molecule has 3 aromatic rings. The smallest absolute Gasteiger partial charge is 0.325 e. The molecular formula is C20H23N3O5. The number of rotatable bonds is 3. The van der Waals surface area contributed by atoms with Crippen LogP contribution in [0.3, 0.4) is 0 Å². The Labute approximate surface area is 161 Å². The summed E-state index contributed by atoms with van der Waals surface area (Å²) in [7, 11) is 1.27. The van der Waals surface area contributed by atoms with E-state index in [1.807, 2.05) is 13.8 Å². The van der Waals surface area contributed by atoms with Gasteiger partial charge in [0, 0.05) is 12.0 Å². The molecule has 0 bridgehead atoms. The molecule has 0 N–H and O–H groups in total. The summed E-state index contributed by atoms with van der Waals surface area (Å²) in [5, 5.41) is 0.757. The van der Waals surface area contributed by atoms with Crippen LogP contribution in [0.15, 0.2) is 15.5 Å². The molecule has 0 saturated carbocycles. The molecule has 0 amide bonds. The first-order chi connectivity index (χ1) is 13.2. The van der Waals surface area contributed by atoms with Crippen molar-refractivity contribution in [3.8, 4) is 0 Å². The molecule has 8 heteroatoms. The van der Waals surface area contributed by atoms with E-state index in [1.54, 1.807) is 0 Å². The van der Waals surface area contributed by atoms with Crippen molar-refractivity contribution in [3.05, 3.63) is 33.5 Å². The summed E-state index contributed by atoms with van der Waals surface area (Å²) in [5.74, 6) is -0.351. The Bertz CT molecular complexity index is 1160. The van der Waals surface area contributed by atoms with Crippen molar-refractivity contribution >= 4 is 28.2 Å². The Morgan fingerprint density at radius 2 is 2.11 bits per heavy atom. The number of nitrogens with zero attached hydrogens (tertiary/aromatic N) is 3. The maximum Gasteiger partial charge on any atom is 0.325 e. The van der Waals surface area contributed by atoms with E-state index >= 15 is 0 Å². The zero-order valence-corrected chi connectivity index (χ0v) is 16.7. The van der Waals surface area contributed by atoms with Crippen LogP contribution in [0.2, 0.25) is 0 Å². The van der Waals surface area contributed by atoms with Gasteiger partial charge in [0.05, 0.1) is 36.7 Å². The van der Waals surface area contributed by atoms with Crippen LogP contribution < -0.4 is 5.56 Å². The summed E-state index contributed by atoms with van der Waals surface area (Å²) in [6.07, 6.45) is 2.02. The van der Waals surface area contributed by atoms with Crippen LogP contribution in [0.5, 0.6) is 0 Å². The maximum absolute atomic E-state index is 12.8. The number of fused-ring (bicyclic) bond motifs is 5. The highest BCUT2D eigenvalue weighted by Crippen LogP contribution is 2.39. The number of hydrogen-bond donors (Lipinski definition) is 0. The number of furan rings is 1. The lowest BCUT2D eigenvalue weighted by Crippen LogP contribution is -2.33. The third kappa shape index (κ3) is 2.88. The van der Waals surface area contributed by atoms with Crippen molar-refractivity contribution in [2.24, 2.45) is 0 Å². The monoisotopic (exact) mass is 385 g/mol. The average molecular weight is 385 g/mol. The molecule has 8 nitrogen and oxygen atoms in total. The van der Waals surface area contributed by atoms with Crippen LogP contribution in [-0.2, 0) is 33.8 Å². The third-order valence-electron chi connectivity index (χ3n) is 5.13. The van der Waals surface area contributed by atoms with Gasteiger partial charge in [0.2, 0.25) is 11.3 Å². The standard InChI is InChI=1S/C20H23N3O5/c1-10(2)15-12-8-27-20(3,4)6-11(12)14-16-17(28-18(14)22-15)19(25)23(9-21-16)7-13(24)26-5/h9-10H,6-8H2,1-5H3. The summed E-state index contributed by atoms with van der Waals surface area (Å²) >= 11 is 0. The molecule has 28 heavy (non-hydrogen) atoms. The van der Waals surface area contributed by atoms with Gasteiger partial charge in [-0.3, -0.25) is 14.2 Å². The lowest BCUT2D eigenvalue weighted by Gasteiger charge is -2.33. The Hall–Kier alpha value is -2.74. The van der Waals surface area contributed by atoms with Crippen LogP contribution in [0.1, 0.15) is 50.4 Å². The number of carbonyl (C=O) groups is 1. The fourth-order valence-electron chi connectivity index (χ4n) is 3.72. The van der Waals surface area contributed by atoms with Gasteiger partial charge in [-0.1, -0.05) is 13.8 Å². The van der Waals surface area contributed by atoms with Crippen LogP contribution in [0.4, 0.5) is 0 Å². The molecule has 0 unspecified atom stereocenters. The zero-order valence-electron chi connectivity index (χ0n) is 16.7. The van der Waals surface area contributed by atoms with Crippen molar-refractivity contribution in [2.75, 3.05) is 7.11 Å². The van der Waals surface area contributed by atoms with Gasteiger partial charge in [-0.05, 0) is 25.3 Å². The quantitative estimate of drug-likeness (QED) is 0.640. The zero-order chi connectivity index (χ0) is 20.2. The van der Waals surface area contributed by atoms with Gasteiger partial charge in [0.15, 0.2) is 0 Å². The predicted octanol–water partition coefficient (Wildman–Crippen LogP) is 2.69. The molecule has 0 spiro atoms. The number of aromatic nitrogens is 3. The Morgan fingerprint density at radius 3 is 2.79 bits per heavy atom. The minimum Gasteiger partial charge on any atom is -0.468 e. The molecule has 0 radical (unpaired) electrons. The fourth-order valence-corrected chi connectivity index (χ4v) is 3.72. The SMILES string of the molecule is COC(=O)Cn1cnc2c(oc3nc(C(C)C)c4c(c32)CC(C)(C)OC4)c1=O. The molecule has 0 atom stereocenters. The van der Waals surface area contributed by atoms with E-state index in [0.29, 0.717) is 24.3 Å². The second-order valence-electron chi connectivity index (χ2n) is 8.05. The average Bonchev–Trinajstić information content (AvgIpc) is 3.02. The van der Waals surface area contributed by atoms with Gasteiger partial charge in [-0.2, -0.15) is 0 Å². The fraction of sp³-hybridized carbons (Fsp3) is 0.500. The van der Waals surface area contributed by atoms with E-state index in [4.69, 9.17) is 14.1 Å². The van der Waals surface area contributed by atoms with Crippen LogP contribution >= 0.6 is 0 Å². The van der Waals surface area contributed by atoms with E-state index in [1.165, 1.54) is 18.0 Å². The second kappa shape index (κ2) is 6.41. The lowest BCUT2D eigenvalue weighted by molar-refractivity contribution is -0.141. The Morgan fingerprint density at radius 1 is 1.36 bits per heavy atom. The predicted molar refractivity (Wildman–Crippen MR) is 102 cm³/mol.